The van der Waals surface area contributed by atoms with E-state index >= 15 is 0 Å². The van der Waals surface area contributed by atoms with Gasteiger partial charge in [0, 0.05) is 23.7 Å². The topological polar surface area (TPSA) is 32.3 Å². The van der Waals surface area contributed by atoms with E-state index in [0.717, 1.165) is 34.7 Å². The first-order valence-electron chi connectivity index (χ1n) is 8.65. The highest BCUT2D eigenvalue weighted by Gasteiger charge is 2.33. The summed E-state index contributed by atoms with van der Waals surface area (Å²) < 4.78 is 39.2. The van der Waals surface area contributed by atoms with Gasteiger partial charge in [-0.05, 0) is 48.7 Å². The summed E-state index contributed by atoms with van der Waals surface area (Å²) in [5, 5.41) is 2.92. The second-order valence-electron chi connectivity index (χ2n) is 6.66. The van der Waals surface area contributed by atoms with Gasteiger partial charge in [0.25, 0.3) is 0 Å². The maximum absolute atomic E-state index is 13.1. The molecule has 0 aliphatic carbocycles. The van der Waals surface area contributed by atoms with Crippen molar-refractivity contribution >= 4 is 23.5 Å². The lowest BCUT2D eigenvalue weighted by Gasteiger charge is -2.36. The average molecular weight is 394 g/mol. The lowest BCUT2D eigenvalue weighted by Crippen LogP contribution is -2.43. The lowest BCUT2D eigenvalue weighted by atomic mass is 10.0. The Hall–Kier alpha value is -2.15. The number of thioether (sulfide) groups is 1. The van der Waals surface area contributed by atoms with Gasteiger partial charge in [-0.3, -0.25) is 0 Å². The molecule has 144 valence electrons. The number of nitrogens with one attached hydrogen (secondary N) is 1. The second-order valence-corrected chi connectivity index (χ2v) is 7.81. The summed E-state index contributed by atoms with van der Waals surface area (Å²) in [7, 11) is 0. The molecule has 0 bridgehead atoms. The van der Waals surface area contributed by atoms with E-state index in [-0.39, 0.29) is 6.03 Å². The van der Waals surface area contributed by atoms with Crippen LogP contribution in [0.25, 0.3) is 0 Å². The minimum absolute atomic E-state index is 0.286. The van der Waals surface area contributed by atoms with Crippen LogP contribution in [0.4, 0.5) is 23.7 Å². The van der Waals surface area contributed by atoms with Gasteiger partial charge in [0.1, 0.15) is 0 Å². The highest BCUT2D eigenvalue weighted by Crippen LogP contribution is 2.35. The number of amides is 2. The predicted octanol–water partition coefficient (Wildman–Crippen LogP) is 5.64. The Morgan fingerprint density at radius 1 is 1.19 bits per heavy atom. The van der Waals surface area contributed by atoms with Crippen molar-refractivity contribution in [3.05, 3.63) is 64.7 Å². The summed E-state index contributed by atoms with van der Waals surface area (Å²) in [4.78, 5) is 14.5. The molecule has 3 rings (SSSR count). The first kappa shape index (κ1) is 19.6. The zero-order valence-electron chi connectivity index (χ0n) is 15.1. The molecule has 2 aromatic carbocycles. The van der Waals surface area contributed by atoms with Crippen LogP contribution in [0, 0.1) is 13.8 Å². The Kier molecular flexibility index (Phi) is 5.69. The summed E-state index contributed by atoms with van der Waals surface area (Å²) in [6.45, 7) is 4.34. The Morgan fingerprint density at radius 2 is 1.96 bits per heavy atom. The van der Waals surface area contributed by atoms with Crippen molar-refractivity contribution in [2.24, 2.45) is 0 Å². The molecule has 1 atom stereocenters. The van der Waals surface area contributed by atoms with E-state index in [1.54, 1.807) is 22.7 Å². The van der Waals surface area contributed by atoms with E-state index in [0.29, 0.717) is 17.9 Å². The van der Waals surface area contributed by atoms with Crippen LogP contribution in [0.1, 0.15) is 28.3 Å². The van der Waals surface area contributed by atoms with Gasteiger partial charge in [0.05, 0.1) is 11.6 Å². The number of anilines is 1. The van der Waals surface area contributed by atoms with Gasteiger partial charge in [0.2, 0.25) is 0 Å². The summed E-state index contributed by atoms with van der Waals surface area (Å²) in [5.41, 5.74) is 2.51. The van der Waals surface area contributed by atoms with E-state index in [1.165, 1.54) is 6.07 Å². The van der Waals surface area contributed by atoms with Crippen LogP contribution in [0.2, 0.25) is 0 Å². The summed E-state index contributed by atoms with van der Waals surface area (Å²) >= 11 is 1.64. The molecule has 2 aromatic rings. The second kappa shape index (κ2) is 7.84. The summed E-state index contributed by atoms with van der Waals surface area (Å²) in [5.74, 6) is 1.33. The number of hydrogen-bond acceptors (Lipinski definition) is 2. The molecule has 3 nitrogen and oxygen atoms in total. The fraction of sp³-hybridized carbons (Fsp3) is 0.350. The third kappa shape index (κ3) is 4.58. The minimum Gasteiger partial charge on any atom is -0.316 e. The number of carbonyl (C=O) groups excluding carboxylic acids is 1. The molecule has 1 fully saturated rings. The molecule has 0 radical (unpaired) electrons. The number of nitrogens with zero attached hydrogens (tertiary/aromatic N) is 1. The standard InChI is InChI=1S/C20H21F3N2OS/c1-13-6-7-14(2)17(10-13)24-19(26)25-8-9-27-12-18(25)15-4-3-5-16(11-15)20(21,22)23/h3-7,10-11,18H,8-9,12H2,1-2H3,(H,24,26)/t18-/m0/s1. The largest absolute Gasteiger partial charge is 0.416 e. The normalized spacial score (nSPS) is 17.7. The molecule has 27 heavy (non-hydrogen) atoms. The molecule has 0 saturated carbocycles. The Labute approximate surface area is 160 Å². The monoisotopic (exact) mass is 394 g/mol. The van der Waals surface area contributed by atoms with Crippen LogP contribution in [0.3, 0.4) is 0 Å². The van der Waals surface area contributed by atoms with Gasteiger partial charge in [-0.2, -0.15) is 24.9 Å². The molecule has 1 aliphatic rings. The van der Waals surface area contributed by atoms with Crippen molar-refractivity contribution in [1.82, 2.24) is 4.90 Å². The number of aryl methyl sites for hydroxylation is 2. The maximum Gasteiger partial charge on any atom is 0.416 e. The van der Waals surface area contributed by atoms with E-state index in [2.05, 4.69) is 5.32 Å². The van der Waals surface area contributed by atoms with Crippen LogP contribution in [0.5, 0.6) is 0 Å². The first-order valence-corrected chi connectivity index (χ1v) is 9.81. The van der Waals surface area contributed by atoms with Crippen LogP contribution in [-0.4, -0.2) is 29.0 Å². The Morgan fingerprint density at radius 3 is 2.70 bits per heavy atom. The number of hydrogen-bond donors (Lipinski definition) is 1. The fourth-order valence-corrected chi connectivity index (χ4v) is 4.19. The molecule has 2 amide bonds. The van der Waals surface area contributed by atoms with Gasteiger partial charge in [-0.25, -0.2) is 4.79 Å². The highest BCUT2D eigenvalue weighted by atomic mass is 32.2. The molecule has 1 saturated heterocycles. The summed E-state index contributed by atoms with van der Waals surface area (Å²) in [6.07, 6.45) is -4.40. The van der Waals surface area contributed by atoms with E-state index < -0.39 is 17.8 Å². The van der Waals surface area contributed by atoms with Crippen LogP contribution in [0.15, 0.2) is 42.5 Å². The van der Waals surface area contributed by atoms with Crippen LogP contribution < -0.4 is 5.32 Å². The zero-order valence-corrected chi connectivity index (χ0v) is 16.0. The molecule has 1 aliphatic heterocycles. The number of alkyl halides is 3. The first-order chi connectivity index (χ1) is 12.8. The van der Waals surface area contributed by atoms with Crippen LogP contribution >= 0.6 is 11.8 Å². The fourth-order valence-electron chi connectivity index (χ4n) is 3.10. The number of carbonyl (C=O) groups is 1. The number of benzene rings is 2. The van der Waals surface area contributed by atoms with Crippen molar-refractivity contribution in [1.29, 1.82) is 0 Å². The minimum atomic E-state index is -4.40. The molecular formula is C20H21F3N2OS. The van der Waals surface area contributed by atoms with Crippen molar-refractivity contribution in [2.75, 3.05) is 23.4 Å². The number of urea groups is 1. The zero-order chi connectivity index (χ0) is 19.6. The van der Waals surface area contributed by atoms with Crippen molar-refractivity contribution in [3.8, 4) is 0 Å². The van der Waals surface area contributed by atoms with Crippen molar-refractivity contribution in [3.63, 3.8) is 0 Å². The van der Waals surface area contributed by atoms with Crippen molar-refractivity contribution in [2.45, 2.75) is 26.1 Å². The van der Waals surface area contributed by atoms with Gasteiger partial charge in [0.15, 0.2) is 0 Å². The molecule has 1 N–H and O–H groups in total. The molecule has 0 unspecified atom stereocenters. The van der Waals surface area contributed by atoms with Gasteiger partial charge in [-0.1, -0.05) is 24.3 Å². The van der Waals surface area contributed by atoms with Gasteiger partial charge < -0.3 is 10.2 Å². The molecule has 7 heteroatoms. The average Bonchev–Trinajstić information content (AvgIpc) is 2.64. The predicted molar refractivity (Wildman–Crippen MR) is 103 cm³/mol. The Balaban J connectivity index is 1.85. The quantitative estimate of drug-likeness (QED) is 0.714. The molecule has 0 spiro atoms. The Bertz CT molecular complexity index is 838. The SMILES string of the molecule is Cc1ccc(C)c(NC(=O)N2CCSC[C@H]2c2cccc(C(F)(F)F)c2)c1. The van der Waals surface area contributed by atoms with Crippen LogP contribution in [-0.2, 0) is 6.18 Å². The number of halogens is 3. The maximum atomic E-state index is 13.1. The number of rotatable bonds is 2. The van der Waals surface area contributed by atoms with Crippen molar-refractivity contribution < 1.29 is 18.0 Å². The molecule has 0 aromatic heterocycles. The van der Waals surface area contributed by atoms with E-state index in [4.69, 9.17) is 0 Å². The van der Waals surface area contributed by atoms with E-state index in [9.17, 15) is 18.0 Å². The highest BCUT2D eigenvalue weighted by molar-refractivity contribution is 7.99. The summed E-state index contributed by atoms with van der Waals surface area (Å²) in [6, 6.07) is 10.4. The molecule has 1 heterocycles. The smallest absolute Gasteiger partial charge is 0.316 e. The van der Waals surface area contributed by atoms with Gasteiger partial charge >= 0.3 is 12.2 Å². The lowest BCUT2D eigenvalue weighted by molar-refractivity contribution is -0.137. The van der Waals surface area contributed by atoms with Gasteiger partial charge in [-0.15, -0.1) is 0 Å². The third-order valence-electron chi connectivity index (χ3n) is 4.62. The van der Waals surface area contributed by atoms with E-state index in [1.807, 2.05) is 32.0 Å². The molecular weight excluding hydrogens is 373 g/mol. The third-order valence-corrected chi connectivity index (χ3v) is 5.65.